The number of aromatic nitrogens is 3. The minimum atomic E-state index is -0.347. The Morgan fingerprint density at radius 3 is 2.68 bits per heavy atom. The zero-order chi connectivity index (χ0) is 21.8. The fourth-order valence-corrected chi connectivity index (χ4v) is 3.44. The molecule has 0 spiro atoms. The number of benzene rings is 2. The van der Waals surface area contributed by atoms with Gasteiger partial charge in [0.2, 0.25) is 5.91 Å². The number of nitrogens with one attached hydrogen (secondary N) is 1. The Morgan fingerprint density at radius 1 is 1.13 bits per heavy atom. The van der Waals surface area contributed by atoms with Crippen LogP contribution in [0.5, 0.6) is 0 Å². The number of hydrogen-bond donors (Lipinski definition) is 1. The second-order valence-corrected chi connectivity index (χ2v) is 7.52. The van der Waals surface area contributed by atoms with E-state index in [1.54, 1.807) is 0 Å². The molecule has 0 atom stereocenters. The van der Waals surface area contributed by atoms with Gasteiger partial charge in [-0.2, -0.15) is 0 Å². The zero-order valence-electron chi connectivity index (χ0n) is 17.6. The van der Waals surface area contributed by atoms with Crippen molar-refractivity contribution in [1.82, 2.24) is 20.0 Å². The van der Waals surface area contributed by atoms with E-state index < -0.39 is 0 Å². The molecule has 31 heavy (non-hydrogen) atoms. The maximum Gasteiger partial charge on any atom is 0.299 e. The zero-order valence-corrected chi connectivity index (χ0v) is 17.6. The fourth-order valence-electron chi connectivity index (χ4n) is 3.44. The van der Waals surface area contributed by atoms with Crippen molar-refractivity contribution in [2.45, 2.75) is 39.8 Å². The molecule has 4 aromatic rings. The van der Waals surface area contributed by atoms with Crippen molar-refractivity contribution in [3.8, 4) is 11.3 Å². The van der Waals surface area contributed by atoms with Crippen LogP contribution in [0, 0.1) is 6.92 Å². The maximum atomic E-state index is 12.8. The summed E-state index contributed by atoms with van der Waals surface area (Å²) in [6, 6.07) is 15.9. The van der Waals surface area contributed by atoms with Crippen molar-refractivity contribution in [3.63, 3.8) is 0 Å². The van der Waals surface area contributed by atoms with Gasteiger partial charge in [-0.25, -0.2) is 4.98 Å². The third-order valence-corrected chi connectivity index (χ3v) is 5.24. The Bertz CT molecular complexity index is 1270. The topological polar surface area (TPSA) is 90.0 Å². The molecule has 4 rings (SSSR count). The van der Waals surface area contributed by atoms with E-state index in [-0.39, 0.29) is 30.0 Å². The normalized spacial score (nSPS) is 11.0. The number of amides is 1. The van der Waals surface area contributed by atoms with Gasteiger partial charge in [0.05, 0.1) is 6.33 Å². The average molecular weight is 416 g/mol. The Balaban J connectivity index is 1.44. The number of nitrogens with zero attached hydrogens (tertiary/aromatic N) is 3. The van der Waals surface area contributed by atoms with Gasteiger partial charge in [-0.3, -0.25) is 14.2 Å². The number of fused-ring (bicyclic) bond motifs is 1. The van der Waals surface area contributed by atoms with E-state index in [1.807, 2.05) is 55.5 Å². The Labute approximate surface area is 179 Å². The molecule has 1 amide bonds. The smallest absolute Gasteiger partial charge is 0.299 e. The monoisotopic (exact) mass is 416 g/mol. The molecule has 158 valence electrons. The van der Waals surface area contributed by atoms with Crippen LogP contribution in [-0.4, -0.2) is 20.6 Å². The first-order chi connectivity index (χ1) is 15.0. The van der Waals surface area contributed by atoms with Crippen LogP contribution < -0.4 is 10.9 Å². The molecule has 0 saturated carbocycles. The van der Waals surface area contributed by atoms with Crippen molar-refractivity contribution in [2.24, 2.45) is 0 Å². The van der Waals surface area contributed by atoms with Crippen molar-refractivity contribution in [1.29, 1.82) is 0 Å². The van der Waals surface area contributed by atoms with Gasteiger partial charge in [0, 0.05) is 25.1 Å². The summed E-state index contributed by atoms with van der Waals surface area (Å²) < 4.78 is 6.69. The van der Waals surface area contributed by atoms with Crippen LogP contribution in [0.2, 0.25) is 0 Å². The first-order valence-corrected chi connectivity index (χ1v) is 10.3. The second kappa shape index (κ2) is 8.95. The quantitative estimate of drug-likeness (QED) is 0.497. The van der Waals surface area contributed by atoms with E-state index >= 15 is 0 Å². The standard InChI is InChI=1S/C24H24N4O3/c1-3-17-7-9-19(10-8-17)21-22-23(31-27-21)24(30)28(15-26-22)12-11-20(29)25-14-18-6-4-5-16(2)13-18/h4-10,13,15H,3,11-12,14H2,1-2H3,(H,25,29). The van der Waals surface area contributed by atoms with E-state index in [0.717, 1.165) is 23.1 Å². The highest BCUT2D eigenvalue weighted by atomic mass is 16.5. The van der Waals surface area contributed by atoms with Crippen LogP contribution in [0.25, 0.3) is 22.4 Å². The van der Waals surface area contributed by atoms with Crippen molar-refractivity contribution in [3.05, 3.63) is 81.9 Å². The molecular weight excluding hydrogens is 392 g/mol. The summed E-state index contributed by atoms with van der Waals surface area (Å²) >= 11 is 0. The number of carbonyl (C=O) groups is 1. The third kappa shape index (κ3) is 4.55. The summed E-state index contributed by atoms with van der Waals surface area (Å²) in [6.07, 6.45) is 2.55. The van der Waals surface area contributed by atoms with Crippen molar-refractivity contribution >= 4 is 17.0 Å². The molecule has 0 aliphatic rings. The first kappa shape index (κ1) is 20.5. The van der Waals surface area contributed by atoms with Gasteiger partial charge in [-0.05, 0) is 24.5 Å². The number of aryl methyl sites for hydroxylation is 3. The largest absolute Gasteiger partial charge is 0.352 e. The van der Waals surface area contributed by atoms with Crippen LogP contribution >= 0.6 is 0 Å². The number of carbonyl (C=O) groups excluding carboxylic acids is 1. The lowest BCUT2D eigenvalue weighted by Gasteiger charge is -2.07. The number of rotatable bonds is 7. The Morgan fingerprint density at radius 2 is 1.94 bits per heavy atom. The Hall–Kier alpha value is -3.74. The van der Waals surface area contributed by atoms with E-state index in [2.05, 4.69) is 22.4 Å². The lowest BCUT2D eigenvalue weighted by Crippen LogP contribution is -2.27. The summed E-state index contributed by atoms with van der Waals surface area (Å²) in [7, 11) is 0. The highest BCUT2D eigenvalue weighted by molar-refractivity contribution is 5.87. The minimum Gasteiger partial charge on any atom is -0.352 e. The summed E-state index contributed by atoms with van der Waals surface area (Å²) in [6.45, 7) is 4.76. The highest BCUT2D eigenvalue weighted by Gasteiger charge is 2.16. The highest BCUT2D eigenvalue weighted by Crippen LogP contribution is 2.24. The van der Waals surface area contributed by atoms with Crippen molar-refractivity contribution in [2.75, 3.05) is 0 Å². The molecule has 7 nitrogen and oxygen atoms in total. The molecule has 0 bridgehead atoms. The van der Waals surface area contributed by atoms with Crippen LogP contribution in [0.1, 0.15) is 30.0 Å². The van der Waals surface area contributed by atoms with Crippen LogP contribution in [0.4, 0.5) is 0 Å². The van der Waals surface area contributed by atoms with Gasteiger partial charge in [-0.15, -0.1) is 0 Å². The SMILES string of the molecule is CCc1ccc(-c2noc3c(=O)n(CCC(=O)NCc4cccc(C)c4)cnc23)cc1. The molecule has 0 radical (unpaired) electrons. The summed E-state index contributed by atoms with van der Waals surface area (Å²) in [5, 5.41) is 6.94. The average Bonchev–Trinajstić information content (AvgIpc) is 3.22. The van der Waals surface area contributed by atoms with E-state index in [4.69, 9.17) is 4.52 Å². The van der Waals surface area contributed by atoms with Gasteiger partial charge in [0.15, 0.2) is 0 Å². The summed E-state index contributed by atoms with van der Waals surface area (Å²) in [5.74, 6) is -0.136. The molecule has 2 heterocycles. The van der Waals surface area contributed by atoms with Gasteiger partial charge in [0.1, 0.15) is 11.2 Å². The van der Waals surface area contributed by atoms with Crippen LogP contribution in [-0.2, 0) is 24.3 Å². The lowest BCUT2D eigenvalue weighted by atomic mass is 10.1. The molecule has 1 N–H and O–H groups in total. The summed E-state index contributed by atoms with van der Waals surface area (Å²) in [5.41, 5.74) is 4.95. The fraction of sp³-hybridized carbons (Fsp3) is 0.250. The van der Waals surface area contributed by atoms with E-state index in [0.29, 0.717) is 17.8 Å². The first-order valence-electron chi connectivity index (χ1n) is 10.3. The van der Waals surface area contributed by atoms with Crippen LogP contribution in [0.15, 0.2) is 64.2 Å². The van der Waals surface area contributed by atoms with E-state index in [9.17, 15) is 9.59 Å². The minimum absolute atomic E-state index is 0.0947. The molecule has 2 aromatic carbocycles. The molecule has 0 fully saturated rings. The second-order valence-electron chi connectivity index (χ2n) is 7.52. The van der Waals surface area contributed by atoms with Gasteiger partial charge in [-0.1, -0.05) is 66.2 Å². The molecule has 0 saturated heterocycles. The molecule has 7 heteroatoms. The van der Waals surface area contributed by atoms with Gasteiger partial charge in [0.25, 0.3) is 11.1 Å². The predicted octanol–water partition coefficient (Wildman–Crippen LogP) is 3.63. The predicted molar refractivity (Wildman–Crippen MR) is 119 cm³/mol. The molecular formula is C24H24N4O3. The molecule has 0 aliphatic carbocycles. The summed E-state index contributed by atoms with van der Waals surface area (Å²) in [4.78, 5) is 29.3. The van der Waals surface area contributed by atoms with Crippen LogP contribution in [0.3, 0.4) is 0 Å². The van der Waals surface area contributed by atoms with Gasteiger partial charge < -0.3 is 9.84 Å². The van der Waals surface area contributed by atoms with Gasteiger partial charge >= 0.3 is 0 Å². The maximum absolute atomic E-state index is 12.8. The number of hydrogen-bond acceptors (Lipinski definition) is 5. The molecule has 0 unspecified atom stereocenters. The lowest BCUT2D eigenvalue weighted by molar-refractivity contribution is -0.121. The molecule has 2 aromatic heterocycles. The van der Waals surface area contributed by atoms with E-state index in [1.165, 1.54) is 16.5 Å². The third-order valence-electron chi connectivity index (χ3n) is 5.24. The Kier molecular flexibility index (Phi) is 5.93. The molecule has 0 aliphatic heterocycles. The van der Waals surface area contributed by atoms with Crippen molar-refractivity contribution < 1.29 is 9.32 Å².